The number of carbonyl (C=O) groups excluding carboxylic acids is 2. The van der Waals surface area contributed by atoms with E-state index < -0.39 is 12.2 Å². The van der Waals surface area contributed by atoms with Gasteiger partial charge in [-0.2, -0.15) is 0 Å². The van der Waals surface area contributed by atoms with Gasteiger partial charge in [-0.1, -0.05) is 18.8 Å². The minimum absolute atomic E-state index is 0.0320. The number of esters is 1. The highest BCUT2D eigenvalue weighted by molar-refractivity contribution is 7.15. The first-order valence-electron chi connectivity index (χ1n) is 14.7. The molecule has 1 aliphatic carbocycles. The van der Waals surface area contributed by atoms with Crippen molar-refractivity contribution >= 4 is 28.9 Å². The van der Waals surface area contributed by atoms with Crippen LogP contribution in [0.2, 0.25) is 0 Å². The molecular weight excluding hydrogens is 522 g/mol. The highest BCUT2D eigenvalue weighted by Crippen LogP contribution is 2.40. The molecule has 40 heavy (non-hydrogen) atoms. The van der Waals surface area contributed by atoms with Crippen molar-refractivity contribution in [3.8, 4) is 17.7 Å². The van der Waals surface area contributed by atoms with Crippen LogP contribution in [0, 0.1) is 29.1 Å². The summed E-state index contributed by atoms with van der Waals surface area (Å²) >= 11 is 1.30. The fourth-order valence-corrected chi connectivity index (χ4v) is 6.53. The highest BCUT2D eigenvalue weighted by atomic mass is 32.1. The Morgan fingerprint density at radius 3 is 2.65 bits per heavy atom. The van der Waals surface area contributed by atoms with E-state index in [0.29, 0.717) is 28.8 Å². The summed E-state index contributed by atoms with van der Waals surface area (Å²) in [6.45, 7) is 11.8. The van der Waals surface area contributed by atoms with Crippen LogP contribution in [-0.2, 0) is 16.1 Å². The van der Waals surface area contributed by atoms with E-state index in [2.05, 4.69) is 49.4 Å². The zero-order chi connectivity index (χ0) is 28.3. The molecule has 0 N–H and O–H groups in total. The zero-order valence-electron chi connectivity index (χ0n) is 24.2. The minimum atomic E-state index is -0.724. The number of anilines is 1. The molecule has 214 valence electrons. The lowest BCUT2D eigenvalue weighted by Gasteiger charge is -2.38. The first-order chi connectivity index (χ1) is 19.2. The molecule has 0 unspecified atom stereocenters. The molecule has 3 aliphatic rings. The third kappa shape index (κ3) is 7.05. The third-order valence-corrected chi connectivity index (χ3v) is 8.89. The largest absolute Gasteiger partial charge is 0.477 e. The second-order valence-corrected chi connectivity index (χ2v) is 13.5. The number of hydrogen-bond donors (Lipinski definition) is 0. The molecule has 1 atom stereocenters. The molecule has 0 aromatic carbocycles. The molecule has 0 radical (unpaired) electrons. The average molecular weight is 564 g/mol. The SMILES string of the molecule is CC1CCC(C(=O)N2c3cc(C#CC(C)(C)C)sc3C(=O)O[C@H]2CCOc2cc(CN3CCCC3)ccn2)CC1. The lowest BCUT2D eigenvalue weighted by Crippen LogP contribution is -2.50. The Hall–Kier alpha value is -2.89. The van der Waals surface area contributed by atoms with Crippen molar-refractivity contribution in [3.05, 3.63) is 39.7 Å². The molecule has 0 spiro atoms. The smallest absolute Gasteiger partial charge is 0.352 e. The molecule has 1 saturated carbocycles. The van der Waals surface area contributed by atoms with Crippen LogP contribution in [0.4, 0.5) is 5.69 Å². The minimum Gasteiger partial charge on any atom is -0.477 e. The van der Waals surface area contributed by atoms with E-state index in [1.165, 1.54) is 29.7 Å². The Morgan fingerprint density at radius 1 is 1.18 bits per heavy atom. The molecule has 1 saturated heterocycles. The molecule has 2 fully saturated rings. The number of hydrogen-bond acceptors (Lipinski definition) is 7. The molecular formula is C32H41N3O4S. The van der Waals surface area contributed by atoms with Gasteiger partial charge in [-0.25, -0.2) is 9.78 Å². The molecule has 2 aliphatic heterocycles. The number of cyclic esters (lactones) is 1. The Morgan fingerprint density at radius 2 is 1.93 bits per heavy atom. The first-order valence-corrected chi connectivity index (χ1v) is 15.5. The van der Waals surface area contributed by atoms with Crippen LogP contribution in [0.3, 0.4) is 0 Å². The Kier molecular flexibility index (Phi) is 8.82. The number of thiophene rings is 1. The summed E-state index contributed by atoms with van der Waals surface area (Å²) in [5.41, 5.74) is 1.63. The van der Waals surface area contributed by atoms with E-state index in [9.17, 15) is 9.59 Å². The fraction of sp³-hybridized carbons (Fsp3) is 0.594. The molecule has 7 nitrogen and oxygen atoms in total. The van der Waals surface area contributed by atoms with Gasteiger partial charge in [0.05, 0.1) is 17.2 Å². The van der Waals surface area contributed by atoms with E-state index in [-0.39, 0.29) is 23.8 Å². The lowest BCUT2D eigenvalue weighted by atomic mass is 9.82. The Labute approximate surface area is 242 Å². The topological polar surface area (TPSA) is 72.0 Å². The number of likely N-dealkylation sites (tertiary alicyclic amines) is 1. The van der Waals surface area contributed by atoms with Crippen molar-refractivity contribution in [3.63, 3.8) is 0 Å². The van der Waals surface area contributed by atoms with Crippen LogP contribution >= 0.6 is 11.3 Å². The van der Waals surface area contributed by atoms with E-state index in [1.807, 2.05) is 18.2 Å². The van der Waals surface area contributed by atoms with Gasteiger partial charge in [0.2, 0.25) is 11.8 Å². The van der Waals surface area contributed by atoms with Crippen molar-refractivity contribution in [1.82, 2.24) is 9.88 Å². The molecule has 2 aromatic rings. The van der Waals surface area contributed by atoms with Crippen molar-refractivity contribution < 1.29 is 19.1 Å². The maximum atomic E-state index is 14.0. The summed E-state index contributed by atoms with van der Waals surface area (Å²) in [6.07, 6.45) is 7.70. The molecule has 1 amide bonds. The number of rotatable bonds is 7. The maximum Gasteiger partial charge on any atom is 0.352 e. The summed E-state index contributed by atoms with van der Waals surface area (Å²) < 4.78 is 11.9. The van der Waals surface area contributed by atoms with Gasteiger partial charge in [-0.05, 0) is 96.0 Å². The van der Waals surface area contributed by atoms with Crippen molar-refractivity contribution in [1.29, 1.82) is 0 Å². The quantitative estimate of drug-likeness (QED) is 0.292. The standard InChI is InChI=1S/C32H41N3O4S/c1-22-7-9-24(10-8-22)30(36)35-26-20-25(11-14-32(2,3)4)40-29(26)31(37)39-28(35)13-18-38-27-19-23(12-15-33-27)21-34-16-5-6-17-34/h12,15,19-20,22,24,28H,5-10,13,16-18,21H2,1-4H3/t22?,24?,28-/m0/s1. The number of carbonyl (C=O) groups is 2. The number of fused-ring (bicyclic) bond motifs is 1. The summed E-state index contributed by atoms with van der Waals surface area (Å²) in [7, 11) is 0. The van der Waals surface area contributed by atoms with Crippen LogP contribution < -0.4 is 9.64 Å². The predicted octanol–water partition coefficient (Wildman–Crippen LogP) is 6.26. The fourth-order valence-electron chi connectivity index (χ4n) is 5.65. The normalized spacial score (nSPS) is 23.2. The zero-order valence-corrected chi connectivity index (χ0v) is 25.0. The maximum absolute atomic E-state index is 14.0. The molecule has 5 rings (SSSR count). The van der Waals surface area contributed by atoms with E-state index >= 15 is 0 Å². The predicted molar refractivity (Wildman–Crippen MR) is 157 cm³/mol. The van der Waals surface area contributed by atoms with Crippen molar-refractivity contribution in [2.75, 3.05) is 24.6 Å². The second kappa shape index (κ2) is 12.3. The lowest BCUT2D eigenvalue weighted by molar-refractivity contribution is -0.126. The van der Waals surface area contributed by atoms with Gasteiger partial charge in [-0.3, -0.25) is 14.6 Å². The van der Waals surface area contributed by atoms with Gasteiger partial charge in [0.15, 0.2) is 6.23 Å². The molecule has 8 heteroatoms. The third-order valence-electron chi connectivity index (χ3n) is 7.87. The summed E-state index contributed by atoms with van der Waals surface area (Å²) in [4.78, 5) is 36.8. The summed E-state index contributed by atoms with van der Waals surface area (Å²) in [5, 5.41) is 0. The summed E-state index contributed by atoms with van der Waals surface area (Å²) in [6, 6.07) is 5.89. The average Bonchev–Trinajstić information content (AvgIpc) is 3.58. The van der Waals surface area contributed by atoms with Crippen molar-refractivity contribution in [2.24, 2.45) is 17.3 Å². The van der Waals surface area contributed by atoms with Crippen LogP contribution in [0.5, 0.6) is 5.88 Å². The summed E-state index contributed by atoms with van der Waals surface area (Å²) in [5.74, 6) is 7.19. The number of amides is 1. The van der Waals surface area contributed by atoms with E-state index in [4.69, 9.17) is 9.47 Å². The second-order valence-electron chi connectivity index (χ2n) is 12.5. The monoisotopic (exact) mass is 563 g/mol. The molecule has 4 heterocycles. The number of pyridine rings is 1. The van der Waals surface area contributed by atoms with Gasteiger partial charge < -0.3 is 9.47 Å². The van der Waals surface area contributed by atoms with Crippen LogP contribution in [0.25, 0.3) is 0 Å². The number of ether oxygens (including phenoxy) is 2. The number of nitrogens with zero attached hydrogens (tertiary/aromatic N) is 3. The first kappa shape index (κ1) is 28.6. The van der Waals surface area contributed by atoms with Gasteiger partial charge in [-0.15, -0.1) is 11.3 Å². The van der Waals surface area contributed by atoms with Gasteiger partial charge in [0.1, 0.15) is 4.88 Å². The highest BCUT2D eigenvalue weighted by Gasteiger charge is 2.41. The van der Waals surface area contributed by atoms with Gasteiger partial charge >= 0.3 is 5.97 Å². The van der Waals surface area contributed by atoms with E-state index in [1.54, 1.807) is 11.1 Å². The molecule has 0 bridgehead atoms. The molecule has 2 aromatic heterocycles. The van der Waals surface area contributed by atoms with Crippen LogP contribution in [0.1, 0.15) is 92.8 Å². The van der Waals surface area contributed by atoms with Crippen molar-refractivity contribution in [2.45, 2.75) is 85.4 Å². The number of aromatic nitrogens is 1. The van der Waals surface area contributed by atoms with Gasteiger partial charge in [0.25, 0.3) is 0 Å². The van der Waals surface area contributed by atoms with Crippen LogP contribution in [-0.4, -0.2) is 47.7 Å². The Bertz CT molecular complexity index is 1270. The Balaban J connectivity index is 1.33. The van der Waals surface area contributed by atoms with Gasteiger partial charge in [0, 0.05) is 36.6 Å². The van der Waals surface area contributed by atoms with Crippen LogP contribution in [0.15, 0.2) is 24.4 Å². The van der Waals surface area contributed by atoms with E-state index in [0.717, 1.165) is 50.2 Å².